The van der Waals surface area contributed by atoms with E-state index < -0.39 is 16.0 Å². The van der Waals surface area contributed by atoms with Crippen LogP contribution in [0.1, 0.15) is 40.3 Å². The number of aryl methyl sites for hydroxylation is 2. The van der Waals surface area contributed by atoms with Gasteiger partial charge in [0.1, 0.15) is 11.5 Å². The summed E-state index contributed by atoms with van der Waals surface area (Å²) in [4.78, 5) is 14.0. The van der Waals surface area contributed by atoms with Gasteiger partial charge in [-0.3, -0.25) is 4.90 Å². The minimum absolute atomic E-state index is 0.147. The maximum atomic E-state index is 12.5. The van der Waals surface area contributed by atoms with E-state index in [-0.39, 0.29) is 4.90 Å². The Hall–Kier alpha value is -2.16. The summed E-state index contributed by atoms with van der Waals surface area (Å²) in [6.45, 7) is 7.10. The average Bonchev–Trinajstić information content (AvgIpc) is 3.03. The number of benzene rings is 1. The van der Waals surface area contributed by atoms with Gasteiger partial charge in [-0.2, -0.15) is 0 Å². The number of piperidine rings is 1. The molecule has 1 N–H and O–H groups in total. The molecule has 1 aromatic heterocycles. The molecule has 1 aliphatic heterocycles. The molecule has 7 nitrogen and oxygen atoms in total. The van der Waals surface area contributed by atoms with E-state index in [0.717, 1.165) is 44.0 Å². The summed E-state index contributed by atoms with van der Waals surface area (Å²) in [5.41, 5.74) is 1.54. The normalized spacial score (nSPS) is 16.1. The van der Waals surface area contributed by atoms with E-state index in [4.69, 9.17) is 4.42 Å². The van der Waals surface area contributed by atoms with E-state index >= 15 is 0 Å². The molecule has 0 atom stereocenters. The Kier molecular flexibility index (Phi) is 6.77. The Morgan fingerprint density at radius 1 is 1.21 bits per heavy atom. The van der Waals surface area contributed by atoms with Gasteiger partial charge in [-0.05, 0) is 76.0 Å². The van der Waals surface area contributed by atoms with Gasteiger partial charge in [0.15, 0.2) is 0 Å². The molecule has 0 bridgehead atoms. The fraction of sp³-hybridized carbons (Fsp3) is 0.476. The first-order valence-electron chi connectivity index (χ1n) is 9.75. The number of rotatable bonds is 7. The molecule has 2 heterocycles. The number of methoxy groups -OCH3 is 1. The summed E-state index contributed by atoms with van der Waals surface area (Å²) in [5.74, 6) is 1.72. The van der Waals surface area contributed by atoms with Crippen molar-refractivity contribution in [3.05, 3.63) is 53.0 Å². The number of sulfonamides is 1. The lowest BCUT2D eigenvalue weighted by molar-refractivity contribution is 0.0600. The second-order valence-electron chi connectivity index (χ2n) is 7.53. The monoisotopic (exact) mass is 420 g/mol. The highest BCUT2D eigenvalue weighted by Gasteiger charge is 2.23. The Morgan fingerprint density at radius 2 is 1.86 bits per heavy atom. The molecular weight excluding hydrogens is 392 g/mol. The number of nitrogens with zero attached hydrogens (tertiary/aromatic N) is 1. The number of hydrogen-bond donors (Lipinski definition) is 1. The van der Waals surface area contributed by atoms with Crippen LogP contribution in [0, 0.1) is 19.8 Å². The maximum Gasteiger partial charge on any atom is 0.337 e. The molecule has 1 aromatic carbocycles. The smallest absolute Gasteiger partial charge is 0.337 e. The number of carbonyl (C=O) groups excluding carboxylic acids is 1. The van der Waals surface area contributed by atoms with Crippen LogP contribution in [0.3, 0.4) is 0 Å². The Morgan fingerprint density at radius 3 is 2.41 bits per heavy atom. The molecule has 0 saturated carbocycles. The van der Waals surface area contributed by atoms with E-state index in [1.165, 1.54) is 36.9 Å². The van der Waals surface area contributed by atoms with Crippen LogP contribution in [0.2, 0.25) is 0 Å². The van der Waals surface area contributed by atoms with Crippen molar-refractivity contribution in [2.75, 3.05) is 26.7 Å². The molecule has 8 heteroatoms. The van der Waals surface area contributed by atoms with Gasteiger partial charge in [0, 0.05) is 18.7 Å². The van der Waals surface area contributed by atoms with Crippen LogP contribution in [0.15, 0.2) is 39.6 Å². The highest BCUT2D eigenvalue weighted by atomic mass is 32.2. The van der Waals surface area contributed by atoms with E-state index in [0.29, 0.717) is 18.0 Å². The molecule has 29 heavy (non-hydrogen) atoms. The number of hydrogen-bond acceptors (Lipinski definition) is 6. The van der Waals surface area contributed by atoms with Crippen molar-refractivity contribution in [3.63, 3.8) is 0 Å². The molecule has 1 saturated heterocycles. The van der Waals surface area contributed by atoms with Crippen molar-refractivity contribution in [3.8, 4) is 0 Å². The standard InChI is InChI=1S/C21H28N2O5S/c1-15-12-19(16(2)28-15)14-23-10-8-17(9-11-23)13-22-29(25,26)20-6-4-18(5-7-20)21(24)27-3/h4-7,12,17,22H,8-11,13-14H2,1-3H3. The van der Waals surface area contributed by atoms with E-state index in [1.807, 2.05) is 13.8 Å². The summed E-state index contributed by atoms with van der Waals surface area (Å²) in [6.07, 6.45) is 1.89. The van der Waals surface area contributed by atoms with Gasteiger partial charge in [0.05, 0.1) is 17.6 Å². The van der Waals surface area contributed by atoms with Gasteiger partial charge in [0.2, 0.25) is 10.0 Å². The quantitative estimate of drug-likeness (QED) is 0.693. The zero-order valence-corrected chi connectivity index (χ0v) is 17.9. The van der Waals surface area contributed by atoms with Crippen molar-refractivity contribution < 1.29 is 22.4 Å². The van der Waals surface area contributed by atoms with Crippen LogP contribution in [0.4, 0.5) is 0 Å². The lowest BCUT2D eigenvalue weighted by Gasteiger charge is -2.31. The van der Waals surface area contributed by atoms with Gasteiger partial charge < -0.3 is 9.15 Å². The minimum Gasteiger partial charge on any atom is -0.466 e. The van der Waals surface area contributed by atoms with Crippen LogP contribution < -0.4 is 4.72 Å². The Balaban J connectivity index is 1.49. The maximum absolute atomic E-state index is 12.5. The van der Waals surface area contributed by atoms with E-state index in [2.05, 4.69) is 20.4 Å². The highest BCUT2D eigenvalue weighted by Crippen LogP contribution is 2.22. The molecule has 2 aromatic rings. The number of ether oxygens (including phenoxy) is 1. The molecular formula is C21H28N2O5S. The van der Waals surface area contributed by atoms with Gasteiger partial charge in [0.25, 0.3) is 0 Å². The summed E-state index contributed by atoms with van der Waals surface area (Å²) in [7, 11) is -2.31. The van der Waals surface area contributed by atoms with Crippen LogP contribution in [0.25, 0.3) is 0 Å². The van der Waals surface area contributed by atoms with Crippen molar-refractivity contribution >= 4 is 16.0 Å². The molecule has 158 valence electrons. The van der Waals surface area contributed by atoms with Crippen LogP contribution in [-0.4, -0.2) is 46.0 Å². The van der Waals surface area contributed by atoms with E-state index in [9.17, 15) is 13.2 Å². The van der Waals surface area contributed by atoms with Gasteiger partial charge in [-0.15, -0.1) is 0 Å². The van der Waals surface area contributed by atoms with Crippen LogP contribution in [-0.2, 0) is 21.3 Å². The molecule has 1 aliphatic rings. The van der Waals surface area contributed by atoms with Crippen molar-refractivity contribution in [2.24, 2.45) is 5.92 Å². The van der Waals surface area contributed by atoms with Gasteiger partial charge in [-0.1, -0.05) is 0 Å². The SMILES string of the molecule is COC(=O)c1ccc(S(=O)(=O)NCC2CCN(Cc3cc(C)oc3C)CC2)cc1. The molecule has 0 aliphatic carbocycles. The molecule has 0 unspecified atom stereocenters. The first-order chi connectivity index (χ1) is 13.8. The minimum atomic E-state index is -3.60. The third-order valence-electron chi connectivity index (χ3n) is 5.39. The predicted octanol–water partition coefficient (Wildman–Crippen LogP) is 2.87. The number of carbonyl (C=O) groups is 1. The van der Waals surface area contributed by atoms with Gasteiger partial charge in [-0.25, -0.2) is 17.9 Å². The topological polar surface area (TPSA) is 88.8 Å². The van der Waals surface area contributed by atoms with Crippen molar-refractivity contribution in [1.29, 1.82) is 0 Å². The van der Waals surface area contributed by atoms with Crippen LogP contribution >= 0.6 is 0 Å². The second-order valence-corrected chi connectivity index (χ2v) is 9.29. The highest BCUT2D eigenvalue weighted by molar-refractivity contribution is 7.89. The fourth-order valence-electron chi connectivity index (χ4n) is 3.63. The molecule has 0 amide bonds. The third kappa shape index (κ3) is 5.46. The number of furan rings is 1. The molecule has 1 fully saturated rings. The second kappa shape index (κ2) is 9.11. The predicted molar refractivity (Wildman–Crippen MR) is 109 cm³/mol. The number of likely N-dealkylation sites (tertiary alicyclic amines) is 1. The fourth-order valence-corrected chi connectivity index (χ4v) is 4.75. The zero-order valence-electron chi connectivity index (χ0n) is 17.1. The third-order valence-corrected chi connectivity index (χ3v) is 6.83. The molecule has 0 spiro atoms. The van der Waals surface area contributed by atoms with Crippen molar-refractivity contribution in [2.45, 2.75) is 38.1 Å². The summed E-state index contributed by atoms with van der Waals surface area (Å²) in [5, 5.41) is 0. The largest absolute Gasteiger partial charge is 0.466 e. The van der Waals surface area contributed by atoms with Crippen molar-refractivity contribution in [1.82, 2.24) is 9.62 Å². The first-order valence-corrected chi connectivity index (χ1v) is 11.2. The Labute approximate surface area is 172 Å². The first kappa shape index (κ1) is 21.5. The number of esters is 1. The molecule has 3 rings (SSSR count). The summed E-state index contributed by atoms with van der Waals surface area (Å²) in [6, 6.07) is 7.84. The number of nitrogens with one attached hydrogen (secondary N) is 1. The summed E-state index contributed by atoms with van der Waals surface area (Å²) >= 11 is 0. The van der Waals surface area contributed by atoms with Gasteiger partial charge >= 0.3 is 5.97 Å². The van der Waals surface area contributed by atoms with E-state index in [1.54, 1.807) is 0 Å². The molecule has 0 radical (unpaired) electrons. The summed E-state index contributed by atoms with van der Waals surface area (Å²) < 4.78 is 38.0. The average molecular weight is 421 g/mol. The van der Waals surface area contributed by atoms with Crippen LogP contribution in [0.5, 0.6) is 0 Å². The lowest BCUT2D eigenvalue weighted by Crippen LogP contribution is -2.38. The zero-order chi connectivity index (χ0) is 21.0. The Bertz CT molecular complexity index is 942. The lowest BCUT2D eigenvalue weighted by atomic mass is 9.97.